The third-order valence-corrected chi connectivity index (χ3v) is 4.80. The van der Waals surface area contributed by atoms with Gasteiger partial charge in [0.05, 0.1) is 5.92 Å². The highest BCUT2D eigenvalue weighted by Crippen LogP contribution is 2.26. The normalized spacial score (nSPS) is 16.1. The summed E-state index contributed by atoms with van der Waals surface area (Å²) < 4.78 is 5.92. The molecule has 0 bridgehead atoms. The van der Waals surface area contributed by atoms with Crippen LogP contribution in [0.5, 0.6) is 0 Å². The molecule has 1 aromatic heterocycles. The highest BCUT2D eigenvalue weighted by atomic mass is 16.5. The highest BCUT2D eigenvalue weighted by molar-refractivity contribution is 6.02. The van der Waals surface area contributed by atoms with Gasteiger partial charge in [0.25, 0.3) is 5.56 Å². The maximum atomic E-state index is 12.3. The minimum atomic E-state index is -0.951. The minimum absolute atomic E-state index is 0.0382. The van der Waals surface area contributed by atoms with Crippen molar-refractivity contribution in [2.75, 3.05) is 23.8 Å². The Hall–Kier alpha value is -3.69. The van der Waals surface area contributed by atoms with Gasteiger partial charge in [-0.05, 0) is 19.1 Å². The number of H-pyrrole nitrogens is 1. The summed E-state index contributed by atoms with van der Waals surface area (Å²) in [6, 6.07) is 7.31. The van der Waals surface area contributed by atoms with Crippen LogP contribution in [0.3, 0.4) is 0 Å². The van der Waals surface area contributed by atoms with Crippen molar-refractivity contribution in [3.05, 3.63) is 56.2 Å². The fraction of sp³-hybridized carbons (Fsp3) is 0.316. The largest absolute Gasteiger partial charge is 0.457 e. The Bertz CT molecular complexity index is 1100. The molecular weight excluding hydrogens is 380 g/mol. The van der Waals surface area contributed by atoms with E-state index in [1.807, 2.05) is 24.0 Å². The average molecular weight is 400 g/mol. The molecule has 10 nitrogen and oxygen atoms in total. The van der Waals surface area contributed by atoms with Gasteiger partial charge in [-0.3, -0.25) is 28.7 Å². The summed E-state index contributed by atoms with van der Waals surface area (Å²) in [5.41, 5.74) is 5.21. The number of aromatic amines is 1. The lowest BCUT2D eigenvalue weighted by Gasteiger charge is -2.16. The lowest BCUT2D eigenvalue weighted by Crippen LogP contribution is -2.36. The zero-order valence-corrected chi connectivity index (χ0v) is 15.9. The summed E-state index contributed by atoms with van der Waals surface area (Å²) in [5.74, 6) is -2.83. The van der Waals surface area contributed by atoms with Gasteiger partial charge in [0.15, 0.2) is 6.61 Å². The number of nitrogens with two attached hydrogens (primary N) is 1. The summed E-state index contributed by atoms with van der Waals surface area (Å²) >= 11 is 0. The van der Waals surface area contributed by atoms with Gasteiger partial charge in [-0.1, -0.05) is 17.7 Å². The van der Waals surface area contributed by atoms with Gasteiger partial charge in [-0.2, -0.15) is 0 Å². The molecule has 0 spiro atoms. The molecule has 2 aromatic rings. The van der Waals surface area contributed by atoms with E-state index in [0.717, 1.165) is 10.1 Å². The highest BCUT2D eigenvalue weighted by Gasteiger charge is 2.36. The number of ether oxygens (including phenoxy) is 1. The van der Waals surface area contributed by atoms with Gasteiger partial charge in [0, 0.05) is 25.7 Å². The third-order valence-electron chi connectivity index (χ3n) is 4.80. The number of aryl methyl sites for hydroxylation is 1. The molecule has 1 amide bonds. The fourth-order valence-electron chi connectivity index (χ4n) is 3.07. The molecule has 10 heteroatoms. The predicted molar refractivity (Wildman–Crippen MR) is 104 cm³/mol. The lowest BCUT2D eigenvalue weighted by molar-refractivity contribution is -0.147. The summed E-state index contributed by atoms with van der Waals surface area (Å²) in [7, 11) is 1.29. The van der Waals surface area contributed by atoms with E-state index in [4.69, 9.17) is 10.5 Å². The van der Waals surface area contributed by atoms with Crippen molar-refractivity contribution in [3.8, 4) is 0 Å². The Kier molecular flexibility index (Phi) is 5.35. The summed E-state index contributed by atoms with van der Waals surface area (Å²) in [5, 5.41) is 0. The molecule has 3 rings (SSSR count). The second kappa shape index (κ2) is 7.74. The Morgan fingerprint density at radius 2 is 1.86 bits per heavy atom. The molecule has 1 aromatic carbocycles. The molecule has 1 saturated heterocycles. The maximum Gasteiger partial charge on any atom is 0.329 e. The summed E-state index contributed by atoms with van der Waals surface area (Å²) in [6.07, 6.45) is -0.0382. The van der Waals surface area contributed by atoms with Crippen LogP contribution < -0.4 is 21.9 Å². The molecule has 29 heavy (non-hydrogen) atoms. The van der Waals surface area contributed by atoms with E-state index in [-0.39, 0.29) is 24.7 Å². The number of esters is 1. The van der Waals surface area contributed by atoms with E-state index in [9.17, 15) is 24.0 Å². The van der Waals surface area contributed by atoms with Crippen molar-refractivity contribution >= 4 is 29.2 Å². The first-order valence-corrected chi connectivity index (χ1v) is 8.84. The Morgan fingerprint density at radius 3 is 2.52 bits per heavy atom. The monoisotopic (exact) mass is 400 g/mol. The number of hydrogen-bond acceptors (Lipinski definition) is 7. The fourth-order valence-corrected chi connectivity index (χ4v) is 3.07. The Balaban J connectivity index is 1.66. The lowest BCUT2D eigenvalue weighted by atomic mass is 10.1. The van der Waals surface area contributed by atoms with Gasteiger partial charge in [-0.15, -0.1) is 0 Å². The minimum Gasteiger partial charge on any atom is -0.457 e. The van der Waals surface area contributed by atoms with Gasteiger partial charge in [0.2, 0.25) is 11.7 Å². The number of anilines is 2. The van der Waals surface area contributed by atoms with E-state index in [0.29, 0.717) is 5.69 Å². The van der Waals surface area contributed by atoms with Crippen LogP contribution in [0, 0.1) is 12.8 Å². The molecule has 1 aliphatic heterocycles. The van der Waals surface area contributed by atoms with Crippen molar-refractivity contribution in [1.82, 2.24) is 9.55 Å². The zero-order valence-electron chi connectivity index (χ0n) is 15.9. The number of ketones is 1. The van der Waals surface area contributed by atoms with E-state index < -0.39 is 41.1 Å². The molecular formula is C19H20N4O6. The predicted octanol–water partition coefficient (Wildman–Crippen LogP) is -0.257. The van der Waals surface area contributed by atoms with Crippen molar-refractivity contribution < 1.29 is 19.1 Å². The van der Waals surface area contributed by atoms with Crippen molar-refractivity contribution in [2.24, 2.45) is 13.0 Å². The quantitative estimate of drug-likeness (QED) is 0.520. The number of nitrogens with one attached hydrogen (secondary N) is 1. The van der Waals surface area contributed by atoms with Gasteiger partial charge in [-0.25, -0.2) is 4.79 Å². The van der Waals surface area contributed by atoms with E-state index in [1.165, 1.54) is 11.9 Å². The molecule has 0 unspecified atom stereocenters. The van der Waals surface area contributed by atoms with Crippen LogP contribution in [0.4, 0.5) is 11.5 Å². The molecule has 3 N–H and O–H groups in total. The molecule has 1 atom stereocenters. The zero-order chi connectivity index (χ0) is 21.3. The second-order valence-corrected chi connectivity index (χ2v) is 6.85. The Labute approximate surface area is 164 Å². The summed E-state index contributed by atoms with van der Waals surface area (Å²) in [6.45, 7) is 1.34. The van der Waals surface area contributed by atoms with Crippen LogP contribution in [-0.2, 0) is 21.4 Å². The first kappa shape index (κ1) is 20.1. The van der Waals surface area contributed by atoms with Crippen LogP contribution in [0.2, 0.25) is 0 Å². The molecule has 1 fully saturated rings. The Morgan fingerprint density at radius 1 is 1.21 bits per heavy atom. The number of carbonyl (C=O) groups is 3. The topological polar surface area (TPSA) is 145 Å². The smallest absolute Gasteiger partial charge is 0.329 e. The van der Waals surface area contributed by atoms with E-state index >= 15 is 0 Å². The SMILES string of the molecule is Cc1ccc(N2C[C@H](C(=O)OCC(=O)c3c(N)n(C)c(=O)[nH]c3=O)CC2=O)cc1. The summed E-state index contributed by atoms with van der Waals surface area (Å²) in [4.78, 5) is 63.6. The molecule has 2 heterocycles. The molecule has 0 saturated carbocycles. The number of hydrogen-bond donors (Lipinski definition) is 2. The van der Waals surface area contributed by atoms with Crippen molar-refractivity contribution in [2.45, 2.75) is 13.3 Å². The average Bonchev–Trinajstić information content (AvgIpc) is 3.06. The molecule has 1 aliphatic rings. The number of carbonyl (C=O) groups excluding carboxylic acids is 3. The van der Waals surface area contributed by atoms with Crippen LogP contribution in [-0.4, -0.2) is 40.4 Å². The molecule has 152 valence electrons. The maximum absolute atomic E-state index is 12.3. The number of amides is 1. The van der Waals surface area contributed by atoms with Crippen LogP contribution >= 0.6 is 0 Å². The second-order valence-electron chi connectivity index (χ2n) is 6.85. The van der Waals surface area contributed by atoms with Crippen LogP contribution in [0.15, 0.2) is 33.9 Å². The number of nitrogens with zero attached hydrogens (tertiary/aromatic N) is 2. The number of aromatic nitrogens is 2. The van der Waals surface area contributed by atoms with E-state index in [2.05, 4.69) is 0 Å². The molecule has 0 aliphatic carbocycles. The van der Waals surface area contributed by atoms with Gasteiger partial charge < -0.3 is 15.4 Å². The number of rotatable bonds is 5. The number of Topliss-reactive ketones (excluding diaryl/α,β-unsaturated/α-hetero) is 1. The number of benzene rings is 1. The van der Waals surface area contributed by atoms with Crippen molar-refractivity contribution in [1.29, 1.82) is 0 Å². The van der Waals surface area contributed by atoms with Gasteiger partial charge in [0.1, 0.15) is 11.4 Å². The first-order valence-electron chi connectivity index (χ1n) is 8.84. The van der Waals surface area contributed by atoms with Gasteiger partial charge >= 0.3 is 11.7 Å². The molecule has 0 radical (unpaired) electrons. The van der Waals surface area contributed by atoms with Crippen LogP contribution in [0.25, 0.3) is 0 Å². The van der Waals surface area contributed by atoms with E-state index in [1.54, 1.807) is 12.1 Å². The number of nitrogen functional groups attached to an aromatic ring is 1. The first-order chi connectivity index (χ1) is 13.7. The third kappa shape index (κ3) is 3.96. The van der Waals surface area contributed by atoms with Crippen LogP contribution in [0.1, 0.15) is 22.3 Å². The standard InChI is InChI=1S/C19H20N4O6/c1-10-3-5-12(6-4-10)23-8-11(7-14(23)25)18(27)29-9-13(24)15-16(20)22(2)19(28)21-17(15)26/h3-6,11H,7-9,20H2,1-2H3,(H,21,26,28)/t11-/m1/s1. The van der Waals surface area contributed by atoms with Crippen molar-refractivity contribution in [3.63, 3.8) is 0 Å².